The molecule has 5 N–H and O–H groups in total. The van der Waals surface area contributed by atoms with Gasteiger partial charge in [-0.2, -0.15) is 26.3 Å². The van der Waals surface area contributed by atoms with Crippen molar-refractivity contribution in [3.8, 4) is 0 Å². The van der Waals surface area contributed by atoms with E-state index in [1.54, 1.807) is 19.3 Å². The number of hydrogen-bond acceptors (Lipinski definition) is 6. The third-order valence-electron chi connectivity index (χ3n) is 6.30. The molecule has 0 radical (unpaired) electrons. The van der Waals surface area contributed by atoms with Crippen molar-refractivity contribution >= 4 is 5.69 Å². The van der Waals surface area contributed by atoms with Crippen molar-refractivity contribution in [1.82, 2.24) is 21.3 Å². The second kappa shape index (κ2) is 11.3. The van der Waals surface area contributed by atoms with Gasteiger partial charge in [-0.05, 0) is 55.6 Å². The van der Waals surface area contributed by atoms with Gasteiger partial charge in [-0.25, -0.2) is 0 Å². The fraction of sp³-hybridized carbons (Fsp3) is 0.385. The van der Waals surface area contributed by atoms with Crippen molar-refractivity contribution in [3.05, 3.63) is 88.9 Å². The van der Waals surface area contributed by atoms with E-state index < -0.39 is 35.7 Å². The van der Waals surface area contributed by atoms with Crippen LogP contribution >= 0.6 is 0 Å². The number of allylic oxidation sites excluding steroid dienone is 4. The van der Waals surface area contributed by atoms with Gasteiger partial charge in [-0.3, -0.25) is 5.32 Å². The van der Waals surface area contributed by atoms with Crippen LogP contribution in [0.4, 0.5) is 32.0 Å². The van der Waals surface area contributed by atoms with E-state index in [0.29, 0.717) is 35.8 Å². The smallest absolute Gasteiger partial charge is 0.383 e. The Morgan fingerprint density at radius 2 is 1.74 bits per heavy atom. The number of ether oxygens (including phenoxy) is 1. The van der Waals surface area contributed by atoms with Crippen LogP contribution in [0, 0.1) is 0 Å². The summed E-state index contributed by atoms with van der Waals surface area (Å²) in [4.78, 5) is 0. The summed E-state index contributed by atoms with van der Waals surface area (Å²) in [6.07, 6.45) is -0.539. The van der Waals surface area contributed by atoms with Gasteiger partial charge in [-0.15, -0.1) is 0 Å². The Hall–Kier alpha value is -3.22. The molecule has 6 nitrogen and oxygen atoms in total. The molecule has 0 aliphatic carbocycles. The minimum Gasteiger partial charge on any atom is -0.383 e. The first-order valence-corrected chi connectivity index (χ1v) is 12.0. The normalized spacial score (nSPS) is 24.2. The van der Waals surface area contributed by atoms with Crippen molar-refractivity contribution in [2.75, 3.05) is 25.6 Å². The predicted molar refractivity (Wildman–Crippen MR) is 133 cm³/mol. The maximum absolute atomic E-state index is 13.7. The van der Waals surface area contributed by atoms with Crippen LogP contribution in [-0.2, 0) is 10.9 Å². The third-order valence-corrected chi connectivity index (χ3v) is 6.30. The molecule has 0 fully saturated rings. The average Bonchev–Trinajstić information content (AvgIpc) is 2.86. The molecule has 3 heterocycles. The minimum absolute atomic E-state index is 0.0472. The molecule has 4 rings (SSSR count). The highest BCUT2D eigenvalue weighted by atomic mass is 19.4. The molecule has 0 amide bonds. The molecule has 0 saturated carbocycles. The summed E-state index contributed by atoms with van der Waals surface area (Å²) < 4.78 is 85.1. The van der Waals surface area contributed by atoms with Crippen LogP contribution in [0.5, 0.6) is 0 Å². The van der Waals surface area contributed by atoms with E-state index in [9.17, 15) is 26.3 Å². The first-order valence-electron chi connectivity index (χ1n) is 12.0. The van der Waals surface area contributed by atoms with E-state index in [1.165, 1.54) is 24.4 Å². The van der Waals surface area contributed by atoms with Gasteiger partial charge in [0, 0.05) is 48.4 Å². The van der Waals surface area contributed by atoms with Gasteiger partial charge >= 0.3 is 12.4 Å². The highest BCUT2D eigenvalue weighted by Crippen LogP contribution is 2.34. The molecule has 0 spiro atoms. The topological polar surface area (TPSA) is 69.4 Å². The first kappa shape index (κ1) is 27.8. The summed E-state index contributed by atoms with van der Waals surface area (Å²) in [5.41, 5.74) is 0.625. The first-order chi connectivity index (χ1) is 18.0. The second-order valence-electron chi connectivity index (χ2n) is 9.22. The molecule has 3 aliphatic heterocycles. The summed E-state index contributed by atoms with van der Waals surface area (Å²) in [5, 5.41) is 15.8. The van der Waals surface area contributed by atoms with Crippen molar-refractivity contribution in [1.29, 1.82) is 0 Å². The molecule has 38 heavy (non-hydrogen) atoms. The van der Waals surface area contributed by atoms with Crippen LogP contribution < -0.4 is 26.6 Å². The van der Waals surface area contributed by atoms with Gasteiger partial charge in [-0.1, -0.05) is 12.2 Å². The SMILES string of the molecule is COCC(C)NCC1C=C(Nc2ccc(C(F)(F)F)cc2)C2=CC=C(C3NC=CC=C3C(F)(F)F)NC2N1. The van der Waals surface area contributed by atoms with E-state index in [2.05, 4.69) is 26.6 Å². The van der Waals surface area contributed by atoms with Gasteiger partial charge in [0.05, 0.1) is 23.8 Å². The summed E-state index contributed by atoms with van der Waals surface area (Å²) in [6.45, 7) is 2.92. The molecule has 12 heteroatoms. The molecule has 0 saturated heterocycles. The van der Waals surface area contributed by atoms with Crippen molar-refractivity contribution in [3.63, 3.8) is 0 Å². The van der Waals surface area contributed by atoms with Crippen molar-refractivity contribution in [2.45, 2.75) is 43.6 Å². The Kier molecular flexibility index (Phi) is 8.24. The summed E-state index contributed by atoms with van der Waals surface area (Å²) in [7, 11) is 1.60. The monoisotopic (exact) mass is 541 g/mol. The number of anilines is 1. The van der Waals surface area contributed by atoms with E-state index >= 15 is 0 Å². The molecule has 206 valence electrons. The van der Waals surface area contributed by atoms with Gasteiger partial charge < -0.3 is 26.0 Å². The lowest BCUT2D eigenvalue weighted by Crippen LogP contribution is -2.57. The highest BCUT2D eigenvalue weighted by molar-refractivity contribution is 5.58. The zero-order chi connectivity index (χ0) is 27.5. The number of benzene rings is 1. The van der Waals surface area contributed by atoms with Crippen LogP contribution in [0.1, 0.15) is 12.5 Å². The Balaban J connectivity index is 1.60. The molecule has 0 aromatic heterocycles. The number of fused-ring (bicyclic) bond motifs is 1. The Morgan fingerprint density at radius 3 is 2.39 bits per heavy atom. The zero-order valence-corrected chi connectivity index (χ0v) is 20.7. The average molecular weight is 542 g/mol. The predicted octanol–water partition coefficient (Wildman–Crippen LogP) is 4.31. The summed E-state index contributed by atoms with van der Waals surface area (Å²) in [5.74, 6) is 0. The van der Waals surface area contributed by atoms with Crippen LogP contribution in [0.15, 0.2) is 83.4 Å². The van der Waals surface area contributed by atoms with Gasteiger partial charge in [0.1, 0.15) is 6.17 Å². The van der Waals surface area contributed by atoms with Gasteiger partial charge in [0.15, 0.2) is 0 Å². The van der Waals surface area contributed by atoms with Crippen LogP contribution in [0.3, 0.4) is 0 Å². The van der Waals surface area contributed by atoms with Crippen molar-refractivity contribution < 1.29 is 31.1 Å². The largest absolute Gasteiger partial charge is 0.416 e. The number of halogens is 6. The fourth-order valence-electron chi connectivity index (χ4n) is 4.46. The highest BCUT2D eigenvalue weighted by Gasteiger charge is 2.42. The molecule has 4 atom stereocenters. The number of dihydropyridines is 2. The van der Waals surface area contributed by atoms with Crippen LogP contribution in [-0.4, -0.2) is 50.7 Å². The fourth-order valence-corrected chi connectivity index (χ4v) is 4.46. The second-order valence-corrected chi connectivity index (χ2v) is 9.22. The number of alkyl halides is 6. The third kappa shape index (κ3) is 6.61. The quantitative estimate of drug-likeness (QED) is 0.316. The van der Waals surface area contributed by atoms with E-state index in [4.69, 9.17) is 4.74 Å². The maximum atomic E-state index is 13.7. The lowest BCUT2D eigenvalue weighted by Gasteiger charge is -2.39. The molecule has 4 unspecified atom stereocenters. The molecule has 3 aliphatic rings. The Morgan fingerprint density at radius 1 is 1.00 bits per heavy atom. The number of rotatable bonds is 8. The van der Waals surface area contributed by atoms with E-state index in [1.807, 2.05) is 13.0 Å². The van der Waals surface area contributed by atoms with E-state index in [0.717, 1.165) is 18.2 Å². The zero-order valence-electron chi connectivity index (χ0n) is 20.7. The number of methoxy groups -OCH3 is 1. The lowest BCUT2D eigenvalue weighted by atomic mass is 9.93. The minimum atomic E-state index is -4.52. The molecule has 1 aromatic carbocycles. The number of hydrogen-bond donors (Lipinski definition) is 5. The number of nitrogens with one attached hydrogen (secondary N) is 5. The van der Waals surface area contributed by atoms with Gasteiger partial charge in [0.25, 0.3) is 0 Å². The molecular weight excluding hydrogens is 512 g/mol. The lowest BCUT2D eigenvalue weighted by molar-refractivity contribution is -0.137. The molecule has 1 aromatic rings. The standard InChI is InChI=1S/C26H29F6N5O/c1-15(14-38-2)34-13-18-12-22(35-17-7-5-16(6-8-17)25(27,28)29)19-9-10-21(37-24(19)36-18)23-20(26(30,31)32)4-3-11-33-23/h3-12,15,18,23-24,33-37H,13-14H2,1-2H3. The summed E-state index contributed by atoms with van der Waals surface area (Å²) in [6, 6.07) is 3.34. The van der Waals surface area contributed by atoms with Crippen LogP contribution in [0.2, 0.25) is 0 Å². The maximum Gasteiger partial charge on any atom is 0.416 e. The molecular formula is C26H29F6N5O. The van der Waals surface area contributed by atoms with Gasteiger partial charge in [0.2, 0.25) is 0 Å². The van der Waals surface area contributed by atoms with Crippen molar-refractivity contribution in [2.24, 2.45) is 0 Å². The van der Waals surface area contributed by atoms with E-state index in [-0.39, 0.29) is 12.1 Å². The Bertz CT molecular complexity index is 1150. The Labute approximate surface area is 216 Å². The summed E-state index contributed by atoms with van der Waals surface area (Å²) >= 11 is 0. The molecule has 0 bridgehead atoms. The van der Waals surface area contributed by atoms with Crippen LogP contribution in [0.25, 0.3) is 0 Å².